The zero-order valence-corrected chi connectivity index (χ0v) is 12.9. The molecule has 110 valence electrons. The van der Waals surface area contributed by atoms with Crippen LogP contribution >= 0.6 is 15.9 Å². The van der Waals surface area contributed by atoms with Crippen LogP contribution in [-0.2, 0) is 0 Å². The van der Waals surface area contributed by atoms with E-state index >= 15 is 0 Å². The topological polar surface area (TPSA) is 72.6 Å². The Morgan fingerprint density at radius 1 is 1.50 bits per heavy atom. The molecule has 0 radical (unpaired) electrons. The van der Waals surface area contributed by atoms with Gasteiger partial charge in [0.2, 0.25) is 5.75 Å². The van der Waals surface area contributed by atoms with Gasteiger partial charge in [-0.05, 0) is 31.7 Å². The maximum Gasteiger partial charge on any atom is 0.312 e. The number of aliphatic hydroxyl groups excluding tert-OH is 1. The lowest BCUT2D eigenvalue weighted by atomic mass is 10.1. The van der Waals surface area contributed by atoms with Gasteiger partial charge in [0.15, 0.2) is 0 Å². The maximum atomic E-state index is 11.2. The summed E-state index contributed by atoms with van der Waals surface area (Å²) < 4.78 is 6.27. The third kappa shape index (κ3) is 3.49. The van der Waals surface area contributed by atoms with Crippen LogP contribution in [0.5, 0.6) is 5.75 Å². The molecule has 0 saturated heterocycles. The van der Waals surface area contributed by atoms with Crippen molar-refractivity contribution in [3.63, 3.8) is 0 Å². The number of benzene rings is 1. The number of rotatable bonds is 5. The second kappa shape index (κ2) is 6.54. The summed E-state index contributed by atoms with van der Waals surface area (Å²) in [7, 11) is 0. The predicted molar refractivity (Wildman–Crippen MR) is 78.9 cm³/mol. The van der Waals surface area contributed by atoms with E-state index in [4.69, 9.17) is 4.74 Å². The van der Waals surface area contributed by atoms with Crippen LogP contribution in [0.4, 0.5) is 5.69 Å². The van der Waals surface area contributed by atoms with E-state index in [1.54, 1.807) is 13.0 Å². The average molecular weight is 344 g/mol. The highest BCUT2D eigenvalue weighted by atomic mass is 79.9. The monoisotopic (exact) mass is 343 g/mol. The Hall–Kier alpha value is -1.14. The molecule has 1 aromatic carbocycles. The van der Waals surface area contributed by atoms with Gasteiger partial charge in [-0.2, -0.15) is 0 Å². The highest BCUT2D eigenvalue weighted by Gasteiger charge is 2.25. The molecule has 20 heavy (non-hydrogen) atoms. The van der Waals surface area contributed by atoms with Crippen molar-refractivity contribution in [2.75, 3.05) is 6.61 Å². The SMILES string of the molecule is C[C@@H](O)c1cc(Br)cc([N+](=O)[O-])c1OCC1CCCC1. The van der Waals surface area contributed by atoms with Crippen LogP contribution in [0.1, 0.15) is 44.3 Å². The number of aliphatic hydroxyl groups is 1. The van der Waals surface area contributed by atoms with E-state index in [1.807, 2.05) is 0 Å². The number of nitro groups is 1. The van der Waals surface area contributed by atoms with E-state index in [9.17, 15) is 15.2 Å². The second-order valence-electron chi connectivity index (χ2n) is 5.24. The average Bonchev–Trinajstić information content (AvgIpc) is 2.89. The zero-order chi connectivity index (χ0) is 14.7. The van der Waals surface area contributed by atoms with Crippen molar-refractivity contribution in [2.24, 2.45) is 5.92 Å². The molecular formula is C14H18BrNO4. The molecule has 0 aromatic heterocycles. The predicted octanol–water partition coefficient (Wildman–Crippen LogP) is 3.98. The van der Waals surface area contributed by atoms with E-state index in [-0.39, 0.29) is 11.4 Å². The molecule has 1 aromatic rings. The lowest BCUT2D eigenvalue weighted by Crippen LogP contribution is -2.11. The van der Waals surface area contributed by atoms with Crippen LogP contribution in [0.3, 0.4) is 0 Å². The largest absolute Gasteiger partial charge is 0.486 e. The molecular weight excluding hydrogens is 326 g/mol. The first-order valence-electron chi connectivity index (χ1n) is 6.77. The fourth-order valence-electron chi connectivity index (χ4n) is 2.58. The van der Waals surface area contributed by atoms with Gasteiger partial charge in [0.25, 0.3) is 0 Å². The number of nitro benzene ring substituents is 1. The summed E-state index contributed by atoms with van der Waals surface area (Å²) >= 11 is 3.23. The summed E-state index contributed by atoms with van der Waals surface area (Å²) in [5, 5.41) is 21.0. The number of halogens is 1. The molecule has 0 amide bonds. The molecule has 5 nitrogen and oxygen atoms in total. The zero-order valence-electron chi connectivity index (χ0n) is 11.3. The Morgan fingerprint density at radius 3 is 2.70 bits per heavy atom. The minimum Gasteiger partial charge on any atom is -0.486 e. The van der Waals surface area contributed by atoms with Crippen molar-refractivity contribution in [1.82, 2.24) is 0 Å². The molecule has 0 spiro atoms. The van der Waals surface area contributed by atoms with Crippen molar-refractivity contribution in [2.45, 2.75) is 38.7 Å². The van der Waals surface area contributed by atoms with E-state index in [2.05, 4.69) is 15.9 Å². The van der Waals surface area contributed by atoms with Crippen LogP contribution in [0.25, 0.3) is 0 Å². The maximum absolute atomic E-state index is 11.2. The lowest BCUT2D eigenvalue weighted by Gasteiger charge is -2.16. The van der Waals surface area contributed by atoms with Gasteiger partial charge in [-0.25, -0.2) is 0 Å². The van der Waals surface area contributed by atoms with Crippen molar-refractivity contribution in [3.8, 4) is 5.75 Å². The van der Waals surface area contributed by atoms with Gasteiger partial charge < -0.3 is 9.84 Å². The molecule has 1 saturated carbocycles. The molecule has 0 heterocycles. The van der Waals surface area contributed by atoms with Crippen molar-refractivity contribution < 1.29 is 14.8 Å². The third-order valence-corrected chi connectivity index (χ3v) is 4.11. The van der Waals surface area contributed by atoms with Gasteiger partial charge in [0.05, 0.1) is 17.6 Å². The number of hydrogen-bond donors (Lipinski definition) is 1. The first-order valence-corrected chi connectivity index (χ1v) is 7.57. The Balaban J connectivity index is 2.29. The van der Waals surface area contributed by atoms with Crippen molar-refractivity contribution in [3.05, 3.63) is 32.3 Å². The summed E-state index contributed by atoms with van der Waals surface area (Å²) in [4.78, 5) is 10.7. The van der Waals surface area contributed by atoms with Gasteiger partial charge in [-0.3, -0.25) is 10.1 Å². The molecule has 0 unspecified atom stereocenters. The quantitative estimate of drug-likeness (QED) is 0.648. The van der Waals surface area contributed by atoms with Crippen molar-refractivity contribution >= 4 is 21.6 Å². The number of ether oxygens (including phenoxy) is 1. The summed E-state index contributed by atoms with van der Waals surface area (Å²) in [5.41, 5.74) is 0.345. The number of nitrogens with zero attached hydrogens (tertiary/aromatic N) is 1. The summed E-state index contributed by atoms with van der Waals surface area (Å²) in [6, 6.07) is 3.08. The molecule has 0 aliphatic heterocycles. The summed E-state index contributed by atoms with van der Waals surface area (Å²) in [6.45, 7) is 2.05. The lowest BCUT2D eigenvalue weighted by molar-refractivity contribution is -0.386. The Kier molecular flexibility index (Phi) is 4.99. The second-order valence-corrected chi connectivity index (χ2v) is 6.15. The fourth-order valence-corrected chi connectivity index (χ4v) is 3.04. The van der Waals surface area contributed by atoms with Crippen LogP contribution in [-0.4, -0.2) is 16.6 Å². The van der Waals surface area contributed by atoms with Crippen LogP contribution in [0.2, 0.25) is 0 Å². The van der Waals surface area contributed by atoms with Gasteiger partial charge >= 0.3 is 5.69 Å². The highest BCUT2D eigenvalue weighted by molar-refractivity contribution is 9.10. The first-order chi connectivity index (χ1) is 9.49. The Bertz CT molecular complexity index is 498. The van der Waals surface area contributed by atoms with Gasteiger partial charge in [-0.15, -0.1) is 0 Å². The molecule has 1 fully saturated rings. The molecule has 6 heteroatoms. The van der Waals surface area contributed by atoms with Crippen molar-refractivity contribution in [1.29, 1.82) is 0 Å². The molecule has 0 bridgehead atoms. The van der Waals surface area contributed by atoms with Crippen LogP contribution < -0.4 is 4.74 Å². The van der Waals surface area contributed by atoms with Gasteiger partial charge in [-0.1, -0.05) is 28.8 Å². The van der Waals surface area contributed by atoms with Gasteiger partial charge in [0.1, 0.15) is 0 Å². The van der Waals surface area contributed by atoms with Crippen LogP contribution in [0, 0.1) is 16.0 Å². The molecule has 1 atom stereocenters. The molecule has 2 rings (SSSR count). The highest BCUT2D eigenvalue weighted by Crippen LogP contribution is 2.38. The molecule has 1 aliphatic carbocycles. The standard InChI is InChI=1S/C14H18BrNO4/c1-9(17)12-6-11(15)7-13(16(18)19)14(12)20-8-10-4-2-3-5-10/h6-7,9-10,17H,2-5,8H2,1H3/t9-/m1/s1. The third-order valence-electron chi connectivity index (χ3n) is 3.65. The molecule has 1 aliphatic rings. The fraction of sp³-hybridized carbons (Fsp3) is 0.571. The van der Waals surface area contributed by atoms with E-state index in [0.29, 0.717) is 22.6 Å². The normalized spacial score (nSPS) is 17.1. The Labute approximate surface area is 126 Å². The van der Waals surface area contributed by atoms with E-state index in [1.165, 1.54) is 18.9 Å². The first kappa shape index (κ1) is 15.3. The smallest absolute Gasteiger partial charge is 0.312 e. The Morgan fingerprint density at radius 2 is 2.15 bits per heavy atom. The minimum absolute atomic E-state index is 0.103. The number of hydrogen-bond acceptors (Lipinski definition) is 4. The minimum atomic E-state index is -0.815. The summed E-state index contributed by atoms with van der Waals surface area (Å²) in [5.74, 6) is 0.653. The van der Waals surface area contributed by atoms with Gasteiger partial charge in [0, 0.05) is 16.1 Å². The van der Waals surface area contributed by atoms with Crippen LogP contribution in [0.15, 0.2) is 16.6 Å². The summed E-state index contributed by atoms with van der Waals surface area (Å²) in [6.07, 6.45) is 3.78. The van der Waals surface area contributed by atoms with E-state index < -0.39 is 11.0 Å². The molecule has 1 N–H and O–H groups in total. The van der Waals surface area contributed by atoms with E-state index in [0.717, 1.165) is 12.8 Å².